The Morgan fingerprint density at radius 3 is 2.57 bits per heavy atom. The lowest BCUT2D eigenvalue weighted by atomic mass is 9.92. The molecule has 0 aromatic carbocycles. The quantitative estimate of drug-likeness (QED) is 0.295. The zero-order chi connectivity index (χ0) is 11.2. The second kappa shape index (κ2) is 5.50. The highest BCUT2D eigenvalue weighted by atomic mass is 16.5. The topological polar surface area (TPSA) is 75.1 Å². The number of nitrogens with zero attached hydrogens (tertiary/aromatic N) is 3. The minimum absolute atomic E-state index is 0.273. The second-order valence-electron chi connectivity index (χ2n) is 3.78. The Morgan fingerprint density at radius 1 is 1.64 bits per heavy atom. The Hall–Kier alpha value is -1.22. The lowest BCUT2D eigenvalue weighted by Crippen LogP contribution is -2.36. The Balaban J connectivity index is 4.69. The zero-order valence-electron chi connectivity index (χ0n) is 9.15. The van der Waals surface area contributed by atoms with Crippen LogP contribution in [0.4, 0.5) is 0 Å². The SMILES string of the molecule is CCOC(=O)C(C)(CC(C)C)N=[N+]=[N-]. The molecule has 0 bridgehead atoms. The van der Waals surface area contributed by atoms with Gasteiger partial charge in [0.25, 0.3) is 0 Å². The van der Waals surface area contributed by atoms with E-state index in [1.165, 1.54) is 0 Å². The lowest BCUT2D eigenvalue weighted by molar-refractivity contribution is -0.149. The van der Waals surface area contributed by atoms with Crippen LogP contribution in [-0.2, 0) is 9.53 Å². The summed E-state index contributed by atoms with van der Waals surface area (Å²) >= 11 is 0. The number of ether oxygens (including phenoxy) is 1. The highest BCUT2D eigenvalue weighted by Gasteiger charge is 2.34. The van der Waals surface area contributed by atoms with Crippen molar-refractivity contribution in [2.75, 3.05) is 6.61 Å². The number of esters is 1. The van der Waals surface area contributed by atoms with Crippen LogP contribution in [0.3, 0.4) is 0 Å². The summed E-state index contributed by atoms with van der Waals surface area (Å²) in [5.74, 6) is -0.179. The molecule has 0 saturated heterocycles. The van der Waals surface area contributed by atoms with Gasteiger partial charge >= 0.3 is 5.97 Å². The van der Waals surface area contributed by atoms with E-state index >= 15 is 0 Å². The van der Waals surface area contributed by atoms with Crippen LogP contribution in [0, 0.1) is 5.92 Å². The van der Waals surface area contributed by atoms with Crippen LogP contribution in [0.25, 0.3) is 10.4 Å². The molecule has 80 valence electrons. The smallest absolute Gasteiger partial charge is 0.317 e. The summed E-state index contributed by atoms with van der Waals surface area (Å²) in [6.45, 7) is 7.55. The van der Waals surface area contributed by atoms with Gasteiger partial charge in [-0.2, -0.15) is 0 Å². The molecule has 0 aromatic rings. The molecule has 5 nitrogen and oxygen atoms in total. The molecule has 0 aliphatic rings. The Morgan fingerprint density at radius 2 is 2.21 bits per heavy atom. The third-order valence-electron chi connectivity index (χ3n) is 1.79. The van der Waals surface area contributed by atoms with E-state index in [1.807, 2.05) is 13.8 Å². The molecule has 0 N–H and O–H groups in total. The molecule has 0 aromatic heterocycles. The molecule has 0 rings (SSSR count). The molecule has 0 heterocycles. The van der Waals surface area contributed by atoms with E-state index in [-0.39, 0.29) is 5.92 Å². The summed E-state index contributed by atoms with van der Waals surface area (Å²) in [7, 11) is 0. The molecule has 0 amide bonds. The van der Waals surface area contributed by atoms with E-state index in [9.17, 15) is 4.79 Å². The molecular formula is C9H17N3O2. The predicted molar refractivity (Wildman–Crippen MR) is 53.6 cm³/mol. The first kappa shape index (κ1) is 12.8. The van der Waals surface area contributed by atoms with Gasteiger partial charge in [-0.1, -0.05) is 19.0 Å². The zero-order valence-corrected chi connectivity index (χ0v) is 9.15. The fourth-order valence-electron chi connectivity index (χ4n) is 1.35. The fourth-order valence-corrected chi connectivity index (χ4v) is 1.35. The van der Waals surface area contributed by atoms with Crippen molar-refractivity contribution in [3.63, 3.8) is 0 Å². The van der Waals surface area contributed by atoms with Gasteiger partial charge in [0.1, 0.15) is 5.54 Å². The van der Waals surface area contributed by atoms with E-state index in [0.717, 1.165) is 0 Å². The van der Waals surface area contributed by atoms with Crippen molar-refractivity contribution in [2.24, 2.45) is 11.0 Å². The molecule has 0 fully saturated rings. The molecule has 0 aliphatic heterocycles. The average Bonchev–Trinajstić information content (AvgIpc) is 2.03. The summed E-state index contributed by atoms with van der Waals surface area (Å²) in [6, 6.07) is 0. The number of carbonyl (C=O) groups excluding carboxylic acids is 1. The Labute approximate surface area is 84.1 Å². The molecule has 14 heavy (non-hydrogen) atoms. The largest absolute Gasteiger partial charge is 0.465 e. The van der Waals surface area contributed by atoms with Crippen molar-refractivity contribution in [3.05, 3.63) is 10.4 Å². The Bertz CT molecular complexity index is 246. The van der Waals surface area contributed by atoms with Crippen LogP contribution in [-0.4, -0.2) is 18.1 Å². The average molecular weight is 199 g/mol. The first-order chi connectivity index (χ1) is 6.46. The molecular weight excluding hydrogens is 182 g/mol. The van der Waals surface area contributed by atoms with Crippen molar-refractivity contribution >= 4 is 5.97 Å². The summed E-state index contributed by atoms with van der Waals surface area (Å²) in [5.41, 5.74) is 7.31. The van der Waals surface area contributed by atoms with Gasteiger partial charge in [0.05, 0.1) is 6.61 Å². The van der Waals surface area contributed by atoms with Gasteiger partial charge in [-0.3, -0.25) is 4.79 Å². The number of rotatable bonds is 5. The van der Waals surface area contributed by atoms with Gasteiger partial charge in [0.15, 0.2) is 0 Å². The summed E-state index contributed by atoms with van der Waals surface area (Å²) < 4.78 is 4.86. The van der Waals surface area contributed by atoms with Crippen LogP contribution in [0.2, 0.25) is 0 Å². The number of carbonyl (C=O) groups is 1. The highest BCUT2D eigenvalue weighted by molar-refractivity contribution is 5.80. The van der Waals surface area contributed by atoms with Crippen molar-refractivity contribution < 1.29 is 9.53 Å². The van der Waals surface area contributed by atoms with Crippen LogP contribution in [0.5, 0.6) is 0 Å². The standard InChI is InChI=1S/C9H17N3O2/c1-5-14-8(13)9(4,11-12-10)6-7(2)3/h7H,5-6H2,1-4H3. The molecule has 0 spiro atoms. The summed E-state index contributed by atoms with van der Waals surface area (Å²) in [4.78, 5) is 14.2. The predicted octanol–water partition coefficient (Wildman–Crippen LogP) is 2.66. The molecule has 1 atom stereocenters. The normalized spacial score (nSPS) is 14.4. The van der Waals surface area contributed by atoms with Gasteiger partial charge in [0.2, 0.25) is 0 Å². The summed E-state index contributed by atoms with van der Waals surface area (Å²) in [6.07, 6.45) is 0.496. The maximum absolute atomic E-state index is 11.5. The van der Waals surface area contributed by atoms with Crippen molar-refractivity contribution in [2.45, 2.75) is 39.7 Å². The maximum Gasteiger partial charge on any atom is 0.317 e. The molecule has 0 saturated carbocycles. The minimum atomic E-state index is -1.07. The van der Waals surface area contributed by atoms with E-state index in [2.05, 4.69) is 10.0 Å². The third-order valence-corrected chi connectivity index (χ3v) is 1.79. The minimum Gasteiger partial charge on any atom is -0.465 e. The van der Waals surface area contributed by atoms with Crippen LogP contribution in [0.1, 0.15) is 34.1 Å². The second-order valence-corrected chi connectivity index (χ2v) is 3.78. The van der Waals surface area contributed by atoms with Crippen molar-refractivity contribution in [1.82, 2.24) is 0 Å². The number of azide groups is 1. The van der Waals surface area contributed by atoms with E-state index < -0.39 is 11.5 Å². The highest BCUT2D eigenvalue weighted by Crippen LogP contribution is 2.22. The number of hydrogen-bond donors (Lipinski definition) is 0. The van der Waals surface area contributed by atoms with E-state index in [0.29, 0.717) is 13.0 Å². The number of hydrogen-bond acceptors (Lipinski definition) is 3. The maximum atomic E-state index is 11.5. The fraction of sp³-hybridized carbons (Fsp3) is 0.889. The first-order valence-electron chi connectivity index (χ1n) is 4.69. The van der Waals surface area contributed by atoms with Crippen LogP contribution in [0.15, 0.2) is 5.11 Å². The first-order valence-corrected chi connectivity index (χ1v) is 4.69. The van der Waals surface area contributed by atoms with Gasteiger partial charge in [0, 0.05) is 4.91 Å². The van der Waals surface area contributed by atoms with Crippen LogP contribution < -0.4 is 0 Å². The monoisotopic (exact) mass is 199 g/mol. The van der Waals surface area contributed by atoms with Gasteiger partial charge in [-0.25, -0.2) is 0 Å². The molecule has 0 radical (unpaired) electrons. The van der Waals surface area contributed by atoms with Crippen LogP contribution >= 0.6 is 0 Å². The molecule has 5 heteroatoms. The van der Waals surface area contributed by atoms with Crippen molar-refractivity contribution in [3.8, 4) is 0 Å². The van der Waals surface area contributed by atoms with E-state index in [1.54, 1.807) is 13.8 Å². The van der Waals surface area contributed by atoms with Gasteiger partial charge in [-0.15, -0.1) is 0 Å². The van der Waals surface area contributed by atoms with E-state index in [4.69, 9.17) is 10.3 Å². The Kier molecular flexibility index (Phi) is 5.02. The van der Waals surface area contributed by atoms with Gasteiger partial charge < -0.3 is 4.74 Å². The molecule has 0 aliphatic carbocycles. The molecule has 1 unspecified atom stereocenters. The lowest BCUT2D eigenvalue weighted by Gasteiger charge is -2.23. The van der Waals surface area contributed by atoms with Crippen molar-refractivity contribution in [1.29, 1.82) is 0 Å². The summed E-state index contributed by atoms with van der Waals surface area (Å²) in [5, 5.41) is 3.52. The third kappa shape index (κ3) is 3.66. The van der Waals surface area contributed by atoms with Gasteiger partial charge in [-0.05, 0) is 31.7 Å².